The molecule has 1 amide bonds. The fourth-order valence-electron chi connectivity index (χ4n) is 2.80. The number of carbonyl (C=O) groups excluding carboxylic acids is 1. The molecule has 5 N–H and O–H groups in total. The van der Waals surface area contributed by atoms with Gasteiger partial charge in [-0.25, -0.2) is 5.84 Å². The number of H-pyrrole nitrogens is 1. The molecule has 0 bridgehead atoms. The fraction of sp³-hybridized carbons (Fsp3) is 0.158. The zero-order valence-electron chi connectivity index (χ0n) is 14.9. The molecule has 8 heteroatoms. The Hall–Kier alpha value is -3.52. The van der Waals surface area contributed by atoms with E-state index in [1.54, 1.807) is 19.2 Å². The molecule has 27 heavy (non-hydrogen) atoms. The van der Waals surface area contributed by atoms with Crippen molar-refractivity contribution in [2.75, 3.05) is 13.7 Å². The quantitative estimate of drug-likeness (QED) is 0.300. The first-order chi connectivity index (χ1) is 13.0. The molecule has 3 aromatic rings. The average molecular weight is 368 g/mol. The number of nitrogens with zero attached hydrogens (tertiary/aromatic N) is 1. The van der Waals surface area contributed by atoms with E-state index >= 15 is 0 Å². The fourth-order valence-corrected chi connectivity index (χ4v) is 2.80. The molecule has 2 aromatic carbocycles. The topological polar surface area (TPSA) is 122 Å². The normalized spacial score (nSPS) is 10.5. The lowest BCUT2D eigenvalue weighted by Gasteiger charge is -2.11. The number of ether oxygens (including phenoxy) is 2. The van der Waals surface area contributed by atoms with Crippen molar-refractivity contribution >= 4 is 5.91 Å². The largest absolute Gasteiger partial charge is 0.507 e. The van der Waals surface area contributed by atoms with Crippen molar-refractivity contribution in [1.82, 2.24) is 15.6 Å². The summed E-state index contributed by atoms with van der Waals surface area (Å²) < 4.78 is 10.7. The summed E-state index contributed by atoms with van der Waals surface area (Å²) in [6.07, 6.45) is 0. The molecule has 3 rings (SSSR count). The van der Waals surface area contributed by atoms with Crippen LogP contribution < -0.4 is 20.7 Å². The minimum absolute atomic E-state index is 0.0247. The van der Waals surface area contributed by atoms with Gasteiger partial charge in [0.1, 0.15) is 22.9 Å². The van der Waals surface area contributed by atoms with E-state index in [0.717, 1.165) is 16.8 Å². The van der Waals surface area contributed by atoms with Crippen LogP contribution in [0.3, 0.4) is 0 Å². The Balaban J connectivity index is 2.00. The number of nitrogens with two attached hydrogens (primary N) is 1. The highest BCUT2D eigenvalue weighted by Crippen LogP contribution is 2.41. The van der Waals surface area contributed by atoms with Crippen LogP contribution in [0.5, 0.6) is 17.2 Å². The number of aromatic amines is 1. The van der Waals surface area contributed by atoms with Crippen LogP contribution in [0, 0.1) is 6.92 Å². The van der Waals surface area contributed by atoms with Crippen molar-refractivity contribution in [1.29, 1.82) is 0 Å². The summed E-state index contributed by atoms with van der Waals surface area (Å²) in [7, 11) is 1.61. The minimum atomic E-state index is -0.472. The number of phenolic OH excluding ortho intramolecular Hbond substituents is 1. The molecule has 0 radical (unpaired) electrons. The van der Waals surface area contributed by atoms with Gasteiger partial charge >= 0.3 is 0 Å². The van der Waals surface area contributed by atoms with E-state index in [-0.39, 0.29) is 12.4 Å². The van der Waals surface area contributed by atoms with Crippen LogP contribution in [0.4, 0.5) is 0 Å². The molecule has 1 heterocycles. The third-order valence-corrected chi connectivity index (χ3v) is 4.08. The van der Waals surface area contributed by atoms with E-state index in [1.807, 2.05) is 36.6 Å². The zero-order valence-corrected chi connectivity index (χ0v) is 14.9. The molecule has 0 unspecified atom stereocenters. The standard InChI is InChI=1S/C19H20N4O4/c1-11-18(14-5-3-4-6-16(14)26-2)19(23-22-11)13-8-7-12(9-15(13)24)27-10-17(25)21-20/h3-9,24H,10,20H2,1-2H3,(H,21,25)(H,22,23). The Morgan fingerprint density at radius 3 is 2.74 bits per heavy atom. The molecule has 0 fully saturated rings. The number of hydrazine groups is 1. The van der Waals surface area contributed by atoms with Gasteiger partial charge in [-0.3, -0.25) is 15.3 Å². The number of hydrogen-bond acceptors (Lipinski definition) is 6. The molecule has 8 nitrogen and oxygen atoms in total. The van der Waals surface area contributed by atoms with Gasteiger partial charge in [-0.2, -0.15) is 5.10 Å². The number of hydrogen-bond donors (Lipinski definition) is 4. The van der Waals surface area contributed by atoms with Gasteiger partial charge in [-0.15, -0.1) is 0 Å². The third-order valence-electron chi connectivity index (χ3n) is 4.08. The lowest BCUT2D eigenvalue weighted by atomic mass is 9.98. The van der Waals surface area contributed by atoms with Gasteiger partial charge in [0.25, 0.3) is 5.91 Å². The summed E-state index contributed by atoms with van der Waals surface area (Å²) in [5.41, 5.74) is 5.62. The monoisotopic (exact) mass is 368 g/mol. The number of methoxy groups -OCH3 is 1. The van der Waals surface area contributed by atoms with Gasteiger partial charge in [0.15, 0.2) is 6.61 Å². The SMILES string of the molecule is COc1ccccc1-c1c(-c2ccc(OCC(=O)NN)cc2O)n[nH]c1C. The van der Waals surface area contributed by atoms with Gasteiger partial charge in [0.2, 0.25) is 0 Å². The molecule has 0 saturated heterocycles. The van der Waals surface area contributed by atoms with Crippen LogP contribution in [0.15, 0.2) is 42.5 Å². The van der Waals surface area contributed by atoms with Crippen molar-refractivity contribution in [3.8, 4) is 39.6 Å². The summed E-state index contributed by atoms with van der Waals surface area (Å²) in [4.78, 5) is 11.2. The van der Waals surface area contributed by atoms with E-state index < -0.39 is 5.91 Å². The van der Waals surface area contributed by atoms with Crippen LogP contribution in [-0.4, -0.2) is 34.9 Å². The van der Waals surface area contributed by atoms with Crippen LogP contribution >= 0.6 is 0 Å². The molecule has 1 aromatic heterocycles. The summed E-state index contributed by atoms with van der Waals surface area (Å²) in [6.45, 7) is 1.65. The Kier molecular flexibility index (Phi) is 5.28. The number of para-hydroxylation sites is 1. The Bertz CT molecular complexity index is 968. The summed E-state index contributed by atoms with van der Waals surface area (Å²) in [6, 6.07) is 12.3. The second-order valence-corrected chi connectivity index (χ2v) is 5.81. The molecule has 140 valence electrons. The highest BCUT2D eigenvalue weighted by Gasteiger charge is 2.20. The smallest absolute Gasteiger partial charge is 0.271 e. The van der Waals surface area contributed by atoms with Crippen molar-refractivity contribution in [3.05, 3.63) is 48.2 Å². The number of nitrogens with one attached hydrogen (secondary N) is 2. The summed E-state index contributed by atoms with van der Waals surface area (Å²) in [5.74, 6) is 5.56. The van der Waals surface area contributed by atoms with Gasteiger partial charge in [0, 0.05) is 28.5 Å². The molecule has 0 atom stereocenters. The van der Waals surface area contributed by atoms with Crippen molar-refractivity contribution < 1.29 is 19.4 Å². The highest BCUT2D eigenvalue weighted by molar-refractivity contribution is 5.87. The molecule has 0 saturated carbocycles. The maximum absolute atomic E-state index is 11.2. The van der Waals surface area contributed by atoms with Crippen LogP contribution in [0.1, 0.15) is 5.69 Å². The zero-order chi connectivity index (χ0) is 19.4. The van der Waals surface area contributed by atoms with Gasteiger partial charge in [-0.1, -0.05) is 18.2 Å². The van der Waals surface area contributed by atoms with Crippen molar-refractivity contribution in [3.63, 3.8) is 0 Å². The second-order valence-electron chi connectivity index (χ2n) is 5.81. The number of phenols is 1. The van der Waals surface area contributed by atoms with Crippen LogP contribution in [-0.2, 0) is 4.79 Å². The maximum Gasteiger partial charge on any atom is 0.271 e. The second kappa shape index (κ2) is 7.79. The summed E-state index contributed by atoms with van der Waals surface area (Å²) >= 11 is 0. The first-order valence-corrected chi connectivity index (χ1v) is 8.19. The molecular formula is C19H20N4O4. The van der Waals surface area contributed by atoms with Crippen molar-refractivity contribution in [2.45, 2.75) is 6.92 Å². The Morgan fingerprint density at radius 1 is 1.26 bits per heavy atom. The number of aromatic nitrogens is 2. The lowest BCUT2D eigenvalue weighted by molar-refractivity contribution is -0.123. The van der Waals surface area contributed by atoms with E-state index in [4.69, 9.17) is 15.3 Å². The number of rotatable bonds is 6. The number of amides is 1. The Morgan fingerprint density at radius 2 is 2.04 bits per heavy atom. The maximum atomic E-state index is 11.2. The predicted octanol–water partition coefficient (Wildman–Crippen LogP) is 2.14. The van der Waals surface area contributed by atoms with Gasteiger partial charge in [0.05, 0.1) is 7.11 Å². The van der Waals surface area contributed by atoms with Gasteiger partial charge in [-0.05, 0) is 25.1 Å². The molecule has 0 spiro atoms. The first kappa shape index (κ1) is 18.3. The van der Waals surface area contributed by atoms with Crippen LogP contribution in [0.2, 0.25) is 0 Å². The lowest BCUT2D eigenvalue weighted by Crippen LogP contribution is -2.34. The van der Waals surface area contributed by atoms with E-state index in [2.05, 4.69) is 10.2 Å². The number of aromatic hydroxyl groups is 1. The number of carbonyl (C=O) groups is 1. The van der Waals surface area contributed by atoms with E-state index in [9.17, 15) is 9.90 Å². The molecule has 0 aliphatic heterocycles. The average Bonchev–Trinajstić information content (AvgIpc) is 3.07. The van der Waals surface area contributed by atoms with Gasteiger partial charge < -0.3 is 14.6 Å². The predicted molar refractivity (Wildman–Crippen MR) is 100 cm³/mol. The Labute approximate surface area is 155 Å². The highest BCUT2D eigenvalue weighted by atomic mass is 16.5. The molecular weight excluding hydrogens is 348 g/mol. The van der Waals surface area contributed by atoms with E-state index in [1.165, 1.54) is 6.07 Å². The first-order valence-electron chi connectivity index (χ1n) is 8.19. The third kappa shape index (κ3) is 3.70. The minimum Gasteiger partial charge on any atom is -0.507 e. The molecule has 0 aliphatic carbocycles. The number of aryl methyl sites for hydroxylation is 1. The summed E-state index contributed by atoms with van der Waals surface area (Å²) in [5, 5.41) is 17.8. The van der Waals surface area contributed by atoms with Crippen LogP contribution in [0.25, 0.3) is 22.4 Å². The van der Waals surface area contributed by atoms with Crippen molar-refractivity contribution in [2.24, 2.45) is 5.84 Å². The number of benzene rings is 2. The molecule has 0 aliphatic rings. The van der Waals surface area contributed by atoms with E-state index in [0.29, 0.717) is 22.8 Å².